The summed E-state index contributed by atoms with van der Waals surface area (Å²) in [6.45, 7) is 3.44. The van der Waals surface area contributed by atoms with E-state index in [1.807, 2.05) is 77.3 Å². The summed E-state index contributed by atoms with van der Waals surface area (Å²) in [7, 11) is 2.05. The van der Waals surface area contributed by atoms with E-state index in [4.69, 9.17) is 20.3 Å². The van der Waals surface area contributed by atoms with Crippen molar-refractivity contribution in [3.05, 3.63) is 73.1 Å². The van der Waals surface area contributed by atoms with Crippen molar-refractivity contribution in [3.8, 4) is 22.8 Å². The third-order valence-corrected chi connectivity index (χ3v) is 7.34. The van der Waals surface area contributed by atoms with Crippen LogP contribution in [0.15, 0.2) is 73.1 Å². The number of aromatic nitrogens is 4. The van der Waals surface area contributed by atoms with Crippen LogP contribution in [0.2, 0.25) is 0 Å². The maximum atomic E-state index is 12.9. The number of hydrogen-bond donors (Lipinski definition) is 1. The summed E-state index contributed by atoms with van der Waals surface area (Å²) < 4.78 is 13.1. The Bertz CT molecular complexity index is 1480. The zero-order chi connectivity index (χ0) is 26.8. The van der Waals surface area contributed by atoms with Crippen molar-refractivity contribution in [1.29, 1.82) is 0 Å². The minimum atomic E-state index is -0.0108. The van der Waals surface area contributed by atoms with Gasteiger partial charge in [0, 0.05) is 31.3 Å². The molecule has 200 valence electrons. The molecule has 1 unspecified atom stereocenters. The molecule has 1 atom stereocenters. The van der Waals surface area contributed by atoms with Gasteiger partial charge in [-0.2, -0.15) is 5.10 Å². The number of hydrogen-bond acceptors (Lipinski definition) is 8. The first-order chi connectivity index (χ1) is 19.1. The number of ether oxygens (including phenoxy) is 2. The fourth-order valence-corrected chi connectivity index (χ4v) is 4.95. The highest BCUT2D eigenvalue weighted by molar-refractivity contribution is 5.98. The van der Waals surface area contributed by atoms with Gasteiger partial charge in [0.2, 0.25) is 5.91 Å². The fraction of sp³-hybridized carbons (Fsp3) is 0.310. The van der Waals surface area contributed by atoms with Crippen LogP contribution in [0.25, 0.3) is 22.3 Å². The van der Waals surface area contributed by atoms with Gasteiger partial charge >= 0.3 is 0 Å². The van der Waals surface area contributed by atoms with Crippen LogP contribution in [0, 0.1) is 0 Å². The second-order valence-corrected chi connectivity index (χ2v) is 9.95. The highest BCUT2D eigenvalue weighted by Gasteiger charge is 2.30. The molecule has 10 nitrogen and oxygen atoms in total. The van der Waals surface area contributed by atoms with Crippen LogP contribution in [0.4, 0.5) is 5.82 Å². The Hall–Kier alpha value is -4.28. The van der Waals surface area contributed by atoms with Gasteiger partial charge in [-0.15, -0.1) is 0 Å². The number of amides is 1. The number of nitrogens with two attached hydrogens (primary N) is 1. The van der Waals surface area contributed by atoms with Gasteiger partial charge in [0.05, 0.1) is 30.7 Å². The molecule has 0 radical (unpaired) electrons. The minimum Gasteiger partial charge on any atom is -0.457 e. The van der Waals surface area contributed by atoms with Crippen LogP contribution in [0.5, 0.6) is 11.5 Å². The molecule has 2 aromatic heterocycles. The second kappa shape index (κ2) is 10.8. The third-order valence-electron chi connectivity index (χ3n) is 7.34. The first-order valence-corrected chi connectivity index (χ1v) is 13.1. The van der Waals surface area contributed by atoms with Crippen molar-refractivity contribution in [3.63, 3.8) is 0 Å². The van der Waals surface area contributed by atoms with E-state index in [2.05, 4.69) is 14.9 Å². The zero-order valence-corrected chi connectivity index (χ0v) is 21.8. The molecule has 2 fully saturated rings. The summed E-state index contributed by atoms with van der Waals surface area (Å²) >= 11 is 0. The van der Waals surface area contributed by atoms with Crippen molar-refractivity contribution in [2.75, 3.05) is 45.6 Å². The van der Waals surface area contributed by atoms with Gasteiger partial charge in [-0.3, -0.25) is 9.69 Å². The summed E-state index contributed by atoms with van der Waals surface area (Å²) in [5.41, 5.74) is 8.58. The molecule has 2 aromatic carbocycles. The SMILES string of the molecule is CN(CC=CC(=O)N1CCC(n2nc(-c3ccc(Oc4ccccc4)cc3)c3c(N)ncnc32)C1)C1COC1. The van der Waals surface area contributed by atoms with Crippen LogP contribution in [-0.4, -0.2) is 81.4 Å². The Kier molecular flexibility index (Phi) is 6.95. The molecule has 10 heteroatoms. The number of fused-ring (bicyclic) bond motifs is 1. The average Bonchev–Trinajstić information content (AvgIpc) is 3.55. The molecule has 2 aliphatic rings. The number of nitrogen functional groups attached to an aromatic ring is 1. The smallest absolute Gasteiger partial charge is 0.246 e. The maximum absolute atomic E-state index is 12.9. The lowest BCUT2D eigenvalue weighted by molar-refractivity contribution is -0.125. The number of likely N-dealkylation sites (tertiary alicyclic amines) is 1. The molecule has 0 aliphatic carbocycles. The Morgan fingerprint density at radius 1 is 1.13 bits per heavy atom. The lowest BCUT2D eigenvalue weighted by Crippen LogP contribution is -2.47. The van der Waals surface area contributed by atoms with Gasteiger partial charge in [-0.1, -0.05) is 24.3 Å². The summed E-state index contributed by atoms with van der Waals surface area (Å²) in [4.78, 5) is 25.7. The van der Waals surface area contributed by atoms with Crippen LogP contribution in [0.1, 0.15) is 12.5 Å². The molecular weight excluding hydrogens is 494 g/mol. The number of benzene rings is 2. The first-order valence-electron chi connectivity index (χ1n) is 13.1. The molecule has 1 amide bonds. The Morgan fingerprint density at radius 2 is 1.90 bits per heavy atom. The molecule has 39 heavy (non-hydrogen) atoms. The van der Waals surface area contributed by atoms with E-state index in [0.29, 0.717) is 41.7 Å². The Morgan fingerprint density at radius 3 is 2.64 bits per heavy atom. The van der Waals surface area contributed by atoms with Crippen molar-refractivity contribution in [2.24, 2.45) is 0 Å². The number of rotatable bonds is 8. The van der Waals surface area contributed by atoms with Gasteiger partial charge in [-0.05, 0) is 49.9 Å². The highest BCUT2D eigenvalue weighted by atomic mass is 16.5. The Labute approximate surface area is 226 Å². The summed E-state index contributed by atoms with van der Waals surface area (Å²) in [6, 6.07) is 17.8. The predicted molar refractivity (Wildman–Crippen MR) is 148 cm³/mol. The number of likely N-dealkylation sites (N-methyl/N-ethyl adjacent to an activating group) is 1. The normalized spacial score (nSPS) is 17.8. The fourth-order valence-electron chi connectivity index (χ4n) is 4.95. The first kappa shape index (κ1) is 25.0. The number of anilines is 1. The molecule has 4 heterocycles. The monoisotopic (exact) mass is 525 g/mol. The van der Waals surface area contributed by atoms with Crippen molar-refractivity contribution in [1.82, 2.24) is 29.5 Å². The number of carbonyl (C=O) groups excluding carboxylic acids is 1. The third kappa shape index (κ3) is 5.21. The van der Waals surface area contributed by atoms with E-state index in [9.17, 15) is 4.79 Å². The zero-order valence-electron chi connectivity index (χ0n) is 21.8. The van der Waals surface area contributed by atoms with Crippen molar-refractivity contribution < 1.29 is 14.3 Å². The largest absolute Gasteiger partial charge is 0.457 e. The van der Waals surface area contributed by atoms with Crippen molar-refractivity contribution >= 4 is 22.8 Å². The van der Waals surface area contributed by atoms with Crippen LogP contribution in [0.3, 0.4) is 0 Å². The molecule has 0 saturated carbocycles. The van der Waals surface area contributed by atoms with E-state index in [1.54, 1.807) is 6.08 Å². The quantitative estimate of drug-likeness (QED) is 0.348. The topological polar surface area (TPSA) is 112 Å². The maximum Gasteiger partial charge on any atom is 0.246 e. The summed E-state index contributed by atoms with van der Waals surface area (Å²) in [5.74, 6) is 1.88. The van der Waals surface area contributed by atoms with Gasteiger partial charge in [0.1, 0.15) is 29.3 Å². The van der Waals surface area contributed by atoms with Gasteiger partial charge < -0.3 is 20.1 Å². The standard InChI is InChI=1S/C29H31N7O3/c1-34(22-17-38-18-22)14-5-8-25(37)35-15-13-21(16-35)36-29-26(28(30)31-19-32-29)27(33-36)20-9-11-24(12-10-20)39-23-6-3-2-4-7-23/h2-12,19,21-22H,13-18H2,1H3,(H2,30,31,32). The Balaban J connectivity index is 1.19. The highest BCUT2D eigenvalue weighted by Crippen LogP contribution is 2.35. The van der Waals surface area contributed by atoms with Gasteiger partial charge in [0.15, 0.2) is 5.65 Å². The van der Waals surface area contributed by atoms with Gasteiger partial charge in [0.25, 0.3) is 0 Å². The molecule has 0 spiro atoms. The second-order valence-electron chi connectivity index (χ2n) is 9.95. The molecular formula is C29H31N7O3. The molecule has 0 bridgehead atoms. The molecule has 2 saturated heterocycles. The number of nitrogens with zero attached hydrogens (tertiary/aromatic N) is 6. The lowest BCUT2D eigenvalue weighted by atomic mass is 10.1. The number of carbonyl (C=O) groups is 1. The molecule has 6 rings (SSSR count). The van der Waals surface area contributed by atoms with E-state index in [0.717, 1.165) is 43.2 Å². The van der Waals surface area contributed by atoms with Crippen LogP contribution in [-0.2, 0) is 9.53 Å². The molecule has 2 N–H and O–H groups in total. The van der Waals surface area contributed by atoms with Crippen molar-refractivity contribution in [2.45, 2.75) is 18.5 Å². The summed E-state index contributed by atoms with van der Waals surface area (Å²) in [6.07, 6.45) is 5.84. The van der Waals surface area contributed by atoms with E-state index in [-0.39, 0.29) is 11.9 Å². The predicted octanol–water partition coefficient (Wildman–Crippen LogP) is 3.53. The van der Waals surface area contributed by atoms with E-state index < -0.39 is 0 Å². The van der Waals surface area contributed by atoms with E-state index in [1.165, 1.54) is 6.33 Å². The molecule has 2 aliphatic heterocycles. The summed E-state index contributed by atoms with van der Waals surface area (Å²) in [5, 5.41) is 5.66. The van der Waals surface area contributed by atoms with Crippen LogP contribution >= 0.6 is 0 Å². The van der Waals surface area contributed by atoms with E-state index >= 15 is 0 Å². The van der Waals surface area contributed by atoms with Gasteiger partial charge in [-0.25, -0.2) is 14.6 Å². The molecule has 4 aromatic rings. The lowest BCUT2D eigenvalue weighted by Gasteiger charge is -2.33. The minimum absolute atomic E-state index is 0.00980. The average molecular weight is 526 g/mol. The number of para-hydroxylation sites is 1. The van der Waals surface area contributed by atoms with Crippen LogP contribution < -0.4 is 10.5 Å².